The van der Waals surface area contributed by atoms with Crippen molar-refractivity contribution in [3.05, 3.63) is 71.0 Å². The van der Waals surface area contributed by atoms with E-state index in [1.807, 2.05) is 41.2 Å². The van der Waals surface area contributed by atoms with Crippen LogP contribution in [0.5, 0.6) is 5.88 Å². The highest BCUT2D eigenvalue weighted by Gasteiger charge is 2.21. The maximum atomic E-state index is 12.1. The van der Waals surface area contributed by atoms with Crippen LogP contribution in [0.15, 0.2) is 58.5 Å². The number of primary sulfonamides is 1. The summed E-state index contributed by atoms with van der Waals surface area (Å²) in [4.78, 5) is 16.9. The molecule has 3 aromatic rings. The second-order valence-corrected chi connectivity index (χ2v) is 10.4. The summed E-state index contributed by atoms with van der Waals surface area (Å²) in [5.41, 5.74) is 2.91. The van der Waals surface area contributed by atoms with Crippen molar-refractivity contribution < 1.29 is 22.7 Å². The Labute approximate surface area is 210 Å². The van der Waals surface area contributed by atoms with E-state index >= 15 is 0 Å². The number of unbranched alkanes of at least 4 members (excludes halogenated alkanes) is 1. The van der Waals surface area contributed by atoms with E-state index in [0.29, 0.717) is 23.9 Å². The van der Waals surface area contributed by atoms with Gasteiger partial charge in [-0.25, -0.2) is 23.3 Å². The van der Waals surface area contributed by atoms with Crippen LogP contribution in [0.1, 0.15) is 49.2 Å². The molecule has 1 aromatic heterocycles. The first kappa shape index (κ1) is 26.8. The fraction of sp³-hybridized carbons (Fsp3) is 0.360. The molecule has 0 aliphatic carbocycles. The fourth-order valence-corrected chi connectivity index (χ4v) is 4.73. The first-order valence-corrected chi connectivity index (χ1v) is 14.2. The predicted molar refractivity (Wildman–Crippen MR) is 136 cm³/mol. The van der Waals surface area contributed by atoms with Crippen molar-refractivity contribution in [3.8, 4) is 5.88 Å². The number of rotatable bonds is 11. The van der Waals surface area contributed by atoms with E-state index in [1.165, 1.54) is 17.8 Å². The highest BCUT2D eigenvalue weighted by atomic mass is 32.2. The number of hydrogen-bond donors (Lipinski definition) is 1. The standard InChI is InChI=1S/C25H31N3O5S2/c1-4-6-10-22-27-23(34-3)24(33-25(29)32-5-2)28(22)17-19-13-11-18(12-14-19)15-20-8-7-9-21(16-20)35(26,30)31/h7-9,11-14,16H,4-6,10,15,17H2,1-3H3,(H2,26,30,31). The van der Waals surface area contributed by atoms with Gasteiger partial charge in [-0.15, -0.1) is 11.8 Å². The molecular weight excluding hydrogens is 486 g/mol. The number of carbonyl (C=O) groups is 1. The average molecular weight is 518 g/mol. The van der Waals surface area contributed by atoms with Crippen LogP contribution in [0, 0.1) is 0 Å². The minimum Gasteiger partial charge on any atom is -0.434 e. The number of nitrogens with two attached hydrogens (primary N) is 1. The van der Waals surface area contributed by atoms with Gasteiger partial charge >= 0.3 is 6.16 Å². The number of sulfonamides is 1. The third kappa shape index (κ3) is 7.33. The number of hydrogen-bond acceptors (Lipinski definition) is 7. The lowest BCUT2D eigenvalue weighted by atomic mass is 10.0. The largest absolute Gasteiger partial charge is 0.515 e. The minimum atomic E-state index is -3.74. The quantitative estimate of drug-likeness (QED) is 0.288. The van der Waals surface area contributed by atoms with Crippen LogP contribution in [-0.4, -0.2) is 37.0 Å². The summed E-state index contributed by atoms with van der Waals surface area (Å²) < 4.78 is 35.7. The van der Waals surface area contributed by atoms with Crippen LogP contribution in [0.4, 0.5) is 4.79 Å². The van der Waals surface area contributed by atoms with Crippen LogP contribution in [0.25, 0.3) is 0 Å². The summed E-state index contributed by atoms with van der Waals surface area (Å²) in [5, 5.41) is 5.90. The van der Waals surface area contributed by atoms with Gasteiger partial charge in [-0.05, 0) is 54.8 Å². The normalized spacial score (nSPS) is 11.4. The van der Waals surface area contributed by atoms with Crippen molar-refractivity contribution in [2.75, 3.05) is 12.9 Å². The Kier molecular flexibility index (Phi) is 9.36. The first-order valence-electron chi connectivity index (χ1n) is 11.4. The summed E-state index contributed by atoms with van der Waals surface area (Å²) in [7, 11) is -3.74. The van der Waals surface area contributed by atoms with Crippen molar-refractivity contribution >= 4 is 27.9 Å². The Morgan fingerprint density at radius 1 is 1.09 bits per heavy atom. The molecule has 0 amide bonds. The number of aryl methyl sites for hydroxylation is 1. The minimum absolute atomic E-state index is 0.102. The lowest BCUT2D eigenvalue weighted by molar-refractivity contribution is 0.0998. The first-order chi connectivity index (χ1) is 16.7. The Balaban J connectivity index is 1.84. The molecule has 0 saturated carbocycles. The third-order valence-corrected chi connectivity index (χ3v) is 6.92. The molecule has 0 atom stereocenters. The molecule has 3 rings (SSSR count). The van der Waals surface area contributed by atoms with Crippen molar-refractivity contribution in [1.82, 2.24) is 9.55 Å². The average Bonchev–Trinajstić information content (AvgIpc) is 3.14. The van der Waals surface area contributed by atoms with Crippen molar-refractivity contribution in [2.45, 2.75) is 56.0 Å². The van der Waals surface area contributed by atoms with Crippen LogP contribution in [0.2, 0.25) is 0 Å². The summed E-state index contributed by atoms with van der Waals surface area (Å²) in [6.45, 7) is 4.57. The van der Waals surface area contributed by atoms with E-state index in [0.717, 1.165) is 41.8 Å². The lowest BCUT2D eigenvalue weighted by Crippen LogP contribution is -2.15. The van der Waals surface area contributed by atoms with Gasteiger partial charge < -0.3 is 9.47 Å². The Morgan fingerprint density at radius 2 is 1.80 bits per heavy atom. The van der Waals surface area contributed by atoms with E-state index in [2.05, 4.69) is 6.92 Å². The SMILES string of the molecule is CCCCc1nc(SC)c(OC(=O)OCC)n1Cc1ccc(Cc2cccc(S(N)(=O)=O)c2)cc1. The smallest absolute Gasteiger partial charge is 0.434 e. The number of aromatic nitrogens is 2. The van der Waals surface area contributed by atoms with Crippen LogP contribution in [-0.2, 0) is 34.1 Å². The molecular formula is C25H31N3O5S2. The lowest BCUT2D eigenvalue weighted by Gasteiger charge is -2.13. The van der Waals surface area contributed by atoms with Gasteiger partial charge in [0.25, 0.3) is 0 Å². The molecule has 188 valence electrons. The van der Waals surface area contributed by atoms with Crippen LogP contribution >= 0.6 is 11.8 Å². The van der Waals surface area contributed by atoms with Gasteiger partial charge in [0.1, 0.15) is 5.82 Å². The maximum absolute atomic E-state index is 12.1. The highest BCUT2D eigenvalue weighted by Crippen LogP contribution is 2.31. The Bertz CT molecular complexity index is 1250. The highest BCUT2D eigenvalue weighted by molar-refractivity contribution is 7.98. The van der Waals surface area contributed by atoms with E-state index in [-0.39, 0.29) is 11.5 Å². The van der Waals surface area contributed by atoms with Gasteiger partial charge in [0.05, 0.1) is 18.0 Å². The summed E-state index contributed by atoms with van der Waals surface area (Å²) in [6, 6.07) is 14.7. The molecule has 0 unspecified atom stereocenters. The van der Waals surface area contributed by atoms with Crippen molar-refractivity contribution in [2.24, 2.45) is 5.14 Å². The van der Waals surface area contributed by atoms with Crippen LogP contribution in [0.3, 0.4) is 0 Å². The molecule has 8 nitrogen and oxygen atoms in total. The summed E-state index contributed by atoms with van der Waals surface area (Å²) >= 11 is 1.42. The molecule has 1 heterocycles. The van der Waals surface area contributed by atoms with Crippen molar-refractivity contribution in [1.29, 1.82) is 0 Å². The van der Waals surface area contributed by atoms with E-state index in [9.17, 15) is 13.2 Å². The molecule has 0 radical (unpaired) electrons. The number of imidazole rings is 1. The molecule has 0 bridgehead atoms. The van der Waals surface area contributed by atoms with Crippen molar-refractivity contribution in [3.63, 3.8) is 0 Å². The zero-order valence-electron chi connectivity index (χ0n) is 20.2. The molecule has 0 aliphatic heterocycles. The van der Waals surface area contributed by atoms with Gasteiger partial charge in [-0.2, -0.15) is 0 Å². The van der Waals surface area contributed by atoms with Crippen LogP contribution < -0.4 is 9.88 Å². The molecule has 2 N–H and O–H groups in total. The van der Waals surface area contributed by atoms with Gasteiger partial charge in [0.15, 0.2) is 5.03 Å². The Hall–Kier alpha value is -2.82. The summed E-state index contributed by atoms with van der Waals surface area (Å²) in [6.07, 6.45) is 4.49. The van der Waals surface area contributed by atoms with E-state index in [4.69, 9.17) is 19.6 Å². The topological polar surface area (TPSA) is 114 Å². The zero-order chi connectivity index (χ0) is 25.4. The van der Waals surface area contributed by atoms with E-state index < -0.39 is 16.2 Å². The van der Waals surface area contributed by atoms with Gasteiger partial charge in [-0.3, -0.25) is 4.57 Å². The predicted octanol–water partition coefficient (Wildman–Crippen LogP) is 4.77. The fourth-order valence-electron chi connectivity index (χ4n) is 3.62. The molecule has 0 fully saturated rings. The second-order valence-electron chi connectivity index (χ2n) is 8.00. The van der Waals surface area contributed by atoms with Gasteiger partial charge in [0, 0.05) is 6.42 Å². The number of thioether (sulfide) groups is 1. The zero-order valence-corrected chi connectivity index (χ0v) is 21.8. The molecule has 10 heteroatoms. The van der Waals surface area contributed by atoms with Gasteiger partial charge in [-0.1, -0.05) is 49.7 Å². The third-order valence-electron chi connectivity index (χ3n) is 5.36. The van der Waals surface area contributed by atoms with Gasteiger partial charge in [0.2, 0.25) is 15.9 Å². The maximum Gasteiger partial charge on any atom is 0.515 e. The number of benzene rings is 2. The number of carbonyl (C=O) groups excluding carboxylic acids is 1. The monoisotopic (exact) mass is 517 g/mol. The van der Waals surface area contributed by atoms with E-state index in [1.54, 1.807) is 19.1 Å². The summed E-state index contributed by atoms with van der Waals surface area (Å²) in [5.74, 6) is 1.25. The molecule has 0 aliphatic rings. The Morgan fingerprint density at radius 3 is 2.43 bits per heavy atom. The molecule has 0 saturated heterocycles. The number of nitrogens with zero attached hydrogens (tertiary/aromatic N) is 2. The molecule has 0 spiro atoms. The molecule has 2 aromatic carbocycles. The second kappa shape index (κ2) is 12.2. The number of ether oxygens (including phenoxy) is 2. The molecule has 35 heavy (non-hydrogen) atoms.